The normalized spacial score (nSPS) is 10.8. The van der Waals surface area contributed by atoms with Gasteiger partial charge in [-0.2, -0.15) is 11.3 Å². The van der Waals surface area contributed by atoms with Crippen LogP contribution in [0.4, 0.5) is 5.82 Å². The van der Waals surface area contributed by atoms with Crippen molar-refractivity contribution in [2.45, 2.75) is 33.4 Å². The largest absolute Gasteiger partial charge is 0.355 e. The summed E-state index contributed by atoms with van der Waals surface area (Å²) in [5.41, 5.74) is 3.83. The highest BCUT2D eigenvalue weighted by Crippen LogP contribution is 2.19. The first kappa shape index (κ1) is 15.0. The summed E-state index contributed by atoms with van der Waals surface area (Å²) >= 11 is 1.74. The summed E-state index contributed by atoms with van der Waals surface area (Å²) in [6, 6.07) is 4.40. The SMILES string of the molecule is CCCNCc1cnc(N(C)Cc2ccsc2)c(C)c1. The van der Waals surface area contributed by atoms with Gasteiger partial charge >= 0.3 is 0 Å². The van der Waals surface area contributed by atoms with E-state index in [1.54, 1.807) is 11.3 Å². The van der Waals surface area contributed by atoms with E-state index >= 15 is 0 Å². The van der Waals surface area contributed by atoms with Crippen LogP contribution >= 0.6 is 11.3 Å². The van der Waals surface area contributed by atoms with E-state index in [4.69, 9.17) is 0 Å². The Balaban J connectivity index is 2.01. The maximum atomic E-state index is 4.63. The summed E-state index contributed by atoms with van der Waals surface area (Å²) in [6.07, 6.45) is 3.14. The highest BCUT2D eigenvalue weighted by atomic mass is 32.1. The molecule has 1 N–H and O–H groups in total. The average Bonchev–Trinajstić information content (AvgIpc) is 2.92. The molecule has 0 aliphatic carbocycles. The molecular weight excluding hydrogens is 266 g/mol. The molecule has 2 aromatic rings. The van der Waals surface area contributed by atoms with Gasteiger partial charge in [-0.05, 0) is 59.5 Å². The van der Waals surface area contributed by atoms with E-state index in [2.05, 4.69) is 59.0 Å². The second-order valence-corrected chi connectivity index (χ2v) is 5.93. The number of aromatic nitrogens is 1. The number of anilines is 1. The van der Waals surface area contributed by atoms with Crippen molar-refractivity contribution in [3.63, 3.8) is 0 Å². The van der Waals surface area contributed by atoms with E-state index < -0.39 is 0 Å². The Morgan fingerprint density at radius 3 is 2.85 bits per heavy atom. The molecule has 2 rings (SSSR count). The summed E-state index contributed by atoms with van der Waals surface area (Å²) in [5, 5.41) is 7.72. The zero-order chi connectivity index (χ0) is 14.4. The lowest BCUT2D eigenvalue weighted by Crippen LogP contribution is -2.19. The Morgan fingerprint density at radius 2 is 2.20 bits per heavy atom. The van der Waals surface area contributed by atoms with Crippen molar-refractivity contribution < 1.29 is 0 Å². The molecule has 0 fully saturated rings. The minimum Gasteiger partial charge on any atom is -0.355 e. The lowest BCUT2D eigenvalue weighted by molar-refractivity contribution is 0.673. The van der Waals surface area contributed by atoms with Crippen LogP contribution in [0.5, 0.6) is 0 Å². The Morgan fingerprint density at radius 1 is 1.35 bits per heavy atom. The summed E-state index contributed by atoms with van der Waals surface area (Å²) in [7, 11) is 2.10. The van der Waals surface area contributed by atoms with E-state index in [9.17, 15) is 0 Å². The standard InChI is InChI=1S/C16H23N3S/c1-4-6-17-9-15-8-13(2)16(18-10-15)19(3)11-14-5-7-20-12-14/h5,7-8,10,12,17H,4,6,9,11H2,1-3H3. The predicted octanol–water partition coefficient (Wildman–Crippen LogP) is 3.59. The smallest absolute Gasteiger partial charge is 0.131 e. The summed E-state index contributed by atoms with van der Waals surface area (Å²) in [6.45, 7) is 7.18. The van der Waals surface area contributed by atoms with Gasteiger partial charge in [0.25, 0.3) is 0 Å². The molecule has 0 aliphatic heterocycles. The van der Waals surface area contributed by atoms with Crippen LogP contribution in [-0.4, -0.2) is 18.6 Å². The summed E-state index contributed by atoms with van der Waals surface area (Å²) < 4.78 is 0. The van der Waals surface area contributed by atoms with E-state index in [1.165, 1.54) is 16.7 Å². The monoisotopic (exact) mass is 289 g/mol. The first-order valence-electron chi connectivity index (χ1n) is 7.09. The van der Waals surface area contributed by atoms with Gasteiger partial charge in [-0.25, -0.2) is 4.98 Å². The Kier molecular flexibility index (Phi) is 5.56. The fourth-order valence-corrected chi connectivity index (χ4v) is 2.92. The Bertz CT molecular complexity index is 523. The molecule has 0 amide bonds. The van der Waals surface area contributed by atoms with Gasteiger partial charge in [-0.3, -0.25) is 0 Å². The minimum atomic E-state index is 0.899. The van der Waals surface area contributed by atoms with Crippen LogP contribution in [0.1, 0.15) is 30.0 Å². The third-order valence-electron chi connectivity index (χ3n) is 3.22. The molecule has 0 unspecified atom stereocenters. The fraction of sp³-hybridized carbons (Fsp3) is 0.438. The van der Waals surface area contributed by atoms with Crippen LogP contribution in [-0.2, 0) is 13.1 Å². The second kappa shape index (κ2) is 7.41. The highest BCUT2D eigenvalue weighted by Gasteiger charge is 2.08. The van der Waals surface area contributed by atoms with Gasteiger partial charge in [0, 0.05) is 26.3 Å². The predicted molar refractivity (Wildman–Crippen MR) is 87.4 cm³/mol. The van der Waals surface area contributed by atoms with Crippen molar-refractivity contribution in [2.75, 3.05) is 18.5 Å². The lowest BCUT2D eigenvalue weighted by atomic mass is 10.2. The van der Waals surface area contributed by atoms with Crippen LogP contribution in [0, 0.1) is 6.92 Å². The maximum absolute atomic E-state index is 4.63. The zero-order valence-corrected chi connectivity index (χ0v) is 13.3. The quantitative estimate of drug-likeness (QED) is 0.790. The Labute approximate surface area is 125 Å². The molecule has 0 aliphatic rings. The van der Waals surface area contributed by atoms with Gasteiger partial charge in [0.2, 0.25) is 0 Å². The highest BCUT2D eigenvalue weighted by molar-refractivity contribution is 7.07. The van der Waals surface area contributed by atoms with Crippen LogP contribution in [0.25, 0.3) is 0 Å². The molecule has 0 bridgehead atoms. The van der Waals surface area contributed by atoms with Gasteiger partial charge in [0.1, 0.15) is 5.82 Å². The fourth-order valence-electron chi connectivity index (χ4n) is 2.26. The molecule has 4 heteroatoms. The second-order valence-electron chi connectivity index (χ2n) is 5.15. The van der Waals surface area contributed by atoms with Crippen LogP contribution in [0.3, 0.4) is 0 Å². The van der Waals surface area contributed by atoms with Gasteiger partial charge in [0.15, 0.2) is 0 Å². The van der Waals surface area contributed by atoms with E-state index in [0.717, 1.165) is 31.9 Å². The average molecular weight is 289 g/mol. The molecule has 3 nitrogen and oxygen atoms in total. The van der Waals surface area contributed by atoms with Crippen LogP contribution in [0.15, 0.2) is 29.1 Å². The Hall–Kier alpha value is -1.39. The minimum absolute atomic E-state index is 0.899. The lowest BCUT2D eigenvalue weighted by Gasteiger charge is -2.20. The molecule has 2 heterocycles. The molecule has 2 aromatic heterocycles. The number of nitrogens with one attached hydrogen (secondary N) is 1. The van der Waals surface area contributed by atoms with Crippen molar-refractivity contribution in [1.29, 1.82) is 0 Å². The first-order chi connectivity index (χ1) is 9.70. The number of nitrogens with zero attached hydrogens (tertiary/aromatic N) is 2. The number of aryl methyl sites for hydroxylation is 1. The third kappa shape index (κ3) is 4.05. The van der Waals surface area contributed by atoms with Crippen LogP contribution in [0.2, 0.25) is 0 Å². The number of rotatable bonds is 7. The molecule has 0 saturated carbocycles. The number of hydrogen-bond donors (Lipinski definition) is 1. The molecule has 0 atom stereocenters. The van der Waals surface area contributed by atoms with Gasteiger partial charge in [-0.15, -0.1) is 0 Å². The maximum Gasteiger partial charge on any atom is 0.131 e. The third-order valence-corrected chi connectivity index (χ3v) is 3.96. The molecule has 0 aromatic carbocycles. The van der Waals surface area contributed by atoms with Crippen molar-refractivity contribution in [1.82, 2.24) is 10.3 Å². The van der Waals surface area contributed by atoms with Gasteiger partial charge in [0.05, 0.1) is 0 Å². The molecule has 0 spiro atoms. The molecular formula is C16H23N3S. The van der Waals surface area contributed by atoms with Crippen molar-refractivity contribution >= 4 is 17.2 Å². The topological polar surface area (TPSA) is 28.2 Å². The van der Waals surface area contributed by atoms with E-state index in [1.807, 2.05) is 6.20 Å². The van der Waals surface area contributed by atoms with Crippen LogP contribution < -0.4 is 10.2 Å². The number of pyridine rings is 1. The van der Waals surface area contributed by atoms with E-state index in [-0.39, 0.29) is 0 Å². The van der Waals surface area contributed by atoms with Gasteiger partial charge < -0.3 is 10.2 Å². The molecule has 0 radical (unpaired) electrons. The molecule has 0 saturated heterocycles. The molecule has 108 valence electrons. The summed E-state index contributed by atoms with van der Waals surface area (Å²) in [5.74, 6) is 1.07. The molecule has 20 heavy (non-hydrogen) atoms. The number of hydrogen-bond acceptors (Lipinski definition) is 4. The summed E-state index contributed by atoms with van der Waals surface area (Å²) in [4.78, 5) is 6.84. The van der Waals surface area contributed by atoms with Crippen molar-refractivity contribution in [3.05, 3.63) is 45.8 Å². The van der Waals surface area contributed by atoms with Gasteiger partial charge in [-0.1, -0.05) is 6.92 Å². The van der Waals surface area contributed by atoms with Crippen molar-refractivity contribution in [3.8, 4) is 0 Å². The number of thiophene rings is 1. The first-order valence-corrected chi connectivity index (χ1v) is 8.03. The van der Waals surface area contributed by atoms with Crippen molar-refractivity contribution in [2.24, 2.45) is 0 Å². The van der Waals surface area contributed by atoms with E-state index in [0.29, 0.717) is 0 Å². The zero-order valence-electron chi connectivity index (χ0n) is 12.5.